The van der Waals surface area contributed by atoms with Crippen LogP contribution in [0.25, 0.3) is 0 Å². The minimum Gasteiger partial charge on any atom is -0.368 e. The summed E-state index contributed by atoms with van der Waals surface area (Å²) in [5, 5.41) is 0.743. The van der Waals surface area contributed by atoms with Gasteiger partial charge in [0.1, 0.15) is 6.10 Å². The zero-order chi connectivity index (χ0) is 17.9. The van der Waals surface area contributed by atoms with E-state index in [2.05, 4.69) is 64.1 Å². The molecule has 3 heteroatoms. The summed E-state index contributed by atoms with van der Waals surface area (Å²) in [6.07, 6.45) is 9.45. The van der Waals surface area contributed by atoms with Crippen molar-refractivity contribution in [1.29, 1.82) is 0 Å². The average molecular weight is 348 g/mol. The molecule has 0 spiro atoms. The van der Waals surface area contributed by atoms with Crippen molar-refractivity contribution >= 4 is 11.6 Å². The maximum absolute atomic E-state index is 6.14. The highest BCUT2D eigenvalue weighted by Crippen LogP contribution is 2.26. The molecule has 0 aromatic heterocycles. The minimum absolute atomic E-state index is 0.0527. The molecule has 0 amide bonds. The van der Waals surface area contributed by atoms with Crippen LogP contribution < -0.4 is 0 Å². The summed E-state index contributed by atoms with van der Waals surface area (Å²) in [6, 6.07) is 7.89. The van der Waals surface area contributed by atoms with Gasteiger partial charge in [0.15, 0.2) is 0 Å². The van der Waals surface area contributed by atoms with Crippen LogP contribution in [0.5, 0.6) is 0 Å². The number of hydrogen-bond acceptors (Lipinski definition) is 2. The Morgan fingerprint density at radius 3 is 2.33 bits per heavy atom. The molecule has 0 radical (unpaired) electrons. The van der Waals surface area contributed by atoms with Crippen LogP contribution in [-0.4, -0.2) is 32.1 Å². The topological polar surface area (TPSA) is 12.5 Å². The number of allylic oxidation sites excluding steroid dienone is 5. The molecule has 1 unspecified atom stereocenters. The van der Waals surface area contributed by atoms with Crippen LogP contribution in [0, 0.1) is 0 Å². The molecule has 1 aromatic rings. The highest BCUT2D eigenvalue weighted by Gasteiger charge is 2.14. The summed E-state index contributed by atoms with van der Waals surface area (Å²) in [7, 11) is 4.10. The van der Waals surface area contributed by atoms with Gasteiger partial charge in [-0.25, -0.2) is 0 Å². The smallest absolute Gasteiger partial charge is 0.104 e. The van der Waals surface area contributed by atoms with Gasteiger partial charge in [-0.3, -0.25) is 0 Å². The molecule has 0 N–H and O–H groups in total. The van der Waals surface area contributed by atoms with Gasteiger partial charge in [0.05, 0.1) is 6.61 Å². The zero-order valence-corrected chi connectivity index (χ0v) is 16.3. The number of likely N-dealkylation sites (N-methyl/N-ethyl adjacent to an activating group) is 1. The molecule has 1 aromatic carbocycles. The number of benzene rings is 1. The zero-order valence-electron chi connectivity index (χ0n) is 15.6. The average Bonchev–Trinajstić information content (AvgIpc) is 2.56. The maximum atomic E-state index is 6.14. The van der Waals surface area contributed by atoms with E-state index < -0.39 is 0 Å². The minimum atomic E-state index is -0.0527. The quantitative estimate of drug-likeness (QED) is 0.522. The van der Waals surface area contributed by atoms with E-state index in [0.717, 1.165) is 23.6 Å². The Balaban J connectivity index is 2.88. The van der Waals surface area contributed by atoms with Gasteiger partial charge >= 0.3 is 0 Å². The summed E-state index contributed by atoms with van der Waals surface area (Å²) in [6.45, 7) is 7.99. The van der Waals surface area contributed by atoms with E-state index in [0.29, 0.717) is 6.61 Å². The number of ether oxygens (including phenoxy) is 1. The van der Waals surface area contributed by atoms with E-state index in [1.165, 1.54) is 11.1 Å². The van der Waals surface area contributed by atoms with Gasteiger partial charge in [0.2, 0.25) is 0 Å². The summed E-state index contributed by atoms with van der Waals surface area (Å²) in [5.74, 6) is 0. The second-order valence-corrected chi connectivity index (χ2v) is 6.70. The molecule has 0 aliphatic carbocycles. The Morgan fingerprint density at radius 2 is 1.75 bits per heavy atom. The lowest BCUT2D eigenvalue weighted by Gasteiger charge is -2.20. The fourth-order valence-electron chi connectivity index (χ4n) is 2.11. The maximum Gasteiger partial charge on any atom is 0.104 e. The van der Waals surface area contributed by atoms with Crippen molar-refractivity contribution in [2.45, 2.75) is 33.3 Å². The third-order valence-electron chi connectivity index (χ3n) is 3.82. The normalized spacial score (nSPS) is 14.6. The van der Waals surface area contributed by atoms with E-state index in [1.807, 2.05) is 24.3 Å². The van der Waals surface area contributed by atoms with Crippen molar-refractivity contribution in [2.75, 3.05) is 27.2 Å². The molecule has 1 atom stereocenters. The van der Waals surface area contributed by atoms with Gasteiger partial charge in [-0.1, -0.05) is 60.5 Å². The lowest BCUT2D eigenvalue weighted by atomic mass is 10.0. The molecule has 0 saturated carbocycles. The predicted molar refractivity (Wildman–Crippen MR) is 106 cm³/mol. The monoisotopic (exact) mass is 347 g/mol. The molecule has 0 saturated heterocycles. The Morgan fingerprint density at radius 1 is 1.12 bits per heavy atom. The molecule has 0 aliphatic heterocycles. The first kappa shape index (κ1) is 20.7. The van der Waals surface area contributed by atoms with Crippen molar-refractivity contribution in [1.82, 2.24) is 4.90 Å². The number of rotatable bonds is 9. The number of hydrogen-bond donors (Lipinski definition) is 0. The van der Waals surface area contributed by atoms with E-state index in [-0.39, 0.29) is 6.10 Å². The fraction of sp³-hybridized carbons (Fsp3) is 0.429. The van der Waals surface area contributed by atoms with Crippen LogP contribution in [0.2, 0.25) is 5.02 Å². The summed E-state index contributed by atoms with van der Waals surface area (Å²) < 4.78 is 6.14. The summed E-state index contributed by atoms with van der Waals surface area (Å²) in [4.78, 5) is 2.12. The molecule has 132 valence electrons. The van der Waals surface area contributed by atoms with Gasteiger partial charge < -0.3 is 9.64 Å². The van der Waals surface area contributed by atoms with Crippen LogP contribution >= 0.6 is 11.6 Å². The lowest BCUT2D eigenvalue weighted by molar-refractivity contribution is 0.0662. The summed E-state index contributed by atoms with van der Waals surface area (Å²) in [5.41, 5.74) is 3.67. The van der Waals surface area contributed by atoms with E-state index in [4.69, 9.17) is 16.3 Å². The third kappa shape index (κ3) is 7.96. The molecule has 1 rings (SSSR count). The molecular weight excluding hydrogens is 318 g/mol. The highest BCUT2D eigenvalue weighted by molar-refractivity contribution is 6.30. The third-order valence-corrected chi connectivity index (χ3v) is 4.07. The highest BCUT2D eigenvalue weighted by atomic mass is 35.5. The van der Waals surface area contributed by atoms with Gasteiger partial charge in [0.25, 0.3) is 0 Å². The van der Waals surface area contributed by atoms with Crippen LogP contribution in [0.3, 0.4) is 0 Å². The van der Waals surface area contributed by atoms with Gasteiger partial charge in [0, 0.05) is 11.6 Å². The number of nitrogens with zero attached hydrogens (tertiary/aromatic N) is 1. The lowest BCUT2D eigenvalue weighted by Crippen LogP contribution is -2.20. The second kappa shape index (κ2) is 11.2. The van der Waals surface area contributed by atoms with E-state index in [1.54, 1.807) is 0 Å². The van der Waals surface area contributed by atoms with Gasteiger partial charge in [-0.15, -0.1) is 0 Å². The van der Waals surface area contributed by atoms with E-state index >= 15 is 0 Å². The largest absolute Gasteiger partial charge is 0.368 e. The van der Waals surface area contributed by atoms with Crippen molar-refractivity contribution in [2.24, 2.45) is 0 Å². The second-order valence-electron chi connectivity index (χ2n) is 6.27. The van der Waals surface area contributed by atoms with Crippen LogP contribution in [0.4, 0.5) is 0 Å². The van der Waals surface area contributed by atoms with Crippen molar-refractivity contribution in [3.63, 3.8) is 0 Å². The van der Waals surface area contributed by atoms with Crippen molar-refractivity contribution < 1.29 is 4.74 Å². The molecule has 0 bridgehead atoms. The van der Waals surface area contributed by atoms with Gasteiger partial charge in [-0.05, 0) is 57.6 Å². The van der Waals surface area contributed by atoms with Crippen LogP contribution in [0.15, 0.2) is 59.7 Å². The Hall–Kier alpha value is -1.35. The molecule has 24 heavy (non-hydrogen) atoms. The molecule has 0 aliphatic rings. The first-order chi connectivity index (χ1) is 11.4. The van der Waals surface area contributed by atoms with Crippen molar-refractivity contribution in [3.05, 3.63) is 70.3 Å². The summed E-state index contributed by atoms with van der Waals surface area (Å²) >= 11 is 6.01. The Kier molecular flexibility index (Phi) is 9.70. The first-order valence-electron chi connectivity index (χ1n) is 8.46. The predicted octanol–water partition coefficient (Wildman–Crippen LogP) is 5.82. The Bertz CT molecular complexity index is 570. The molecule has 2 nitrogen and oxygen atoms in total. The standard InChI is InChI=1S/C21H30ClNO/c1-6-17(2)9-7-8-10-18(3)21(24-16-15-23(4)5)19-11-13-20(22)14-12-19/h7-14,21H,6,15-16H2,1-5H3/b8-7-,17-9+,18-10+. The van der Waals surface area contributed by atoms with Crippen LogP contribution in [-0.2, 0) is 4.74 Å². The first-order valence-corrected chi connectivity index (χ1v) is 8.84. The Labute approximate surface area is 152 Å². The van der Waals surface area contributed by atoms with Crippen LogP contribution in [0.1, 0.15) is 38.9 Å². The molecule has 0 heterocycles. The molecular formula is C21H30ClNO. The van der Waals surface area contributed by atoms with E-state index in [9.17, 15) is 0 Å². The van der Waals surface area contributed by atoms with Gasteiger partial charge in [-0.2, -0.15) is 0 Å². The SMILES string of the molecule is CC/C(C)=C/C=C\C=C(/C)C(OCCN(C)C)c1ccc(Cl)cc1. The fourth-order valence-corrected chi connectivity index (χ4v) is 2.24. The number of halogens is 1. The van der Waals surface area contributed by atoms with Crippen molar-refractivity contribution in [3.8, 4) is 0 Å². The molecule has 0 fully saturated rings.